The summed E-state index contributed by atoms with van der Waals surface area (Å²) in [6.45, 7) is 2.83. The Balaban J connectivity index is 1.90. The Hall–Kier alpha value is -1.68. The van der Waals surface area contributed by atoms with E-state index in [1.165, 1.54) is 12.8 Å². The van der Waals surface area contributed by atoms with Gasteiger partial charge >= 0.3 is 0 Å². The maximum Gasteiger partial charge on any atom is 0.244 e. The third-order valence-electron chi connectivity index (χ3n) is 4.51. The highest BCUT2D eigenvalue weighted by Gasteiger charge is 2.18. The normalized spacial score (nSPS) is 20.4. The third kappa shape index (κ3) is 6.62. The first kappa shape index (κ1) is 19.6. The zero-order valence-electron chi connectivity index (χ0n) is 15.1. The maximum absolute atomic E-state index is 12.1. The average molecular weight is 366 g/mol. The number of halogens is 1. The molecule has 5 heteroatoms. The van der Waals surface area contributed by atoms with Crippen LogP contribution in [0, 0.1) is 5.92 Å². The average Bonchev–Trinajstić information content (AvgIpc) is 2.62. The van der Waals surface area contributed by atoms with Crippen molar-refractivity contribution in [1.82, 2.24) is 5.32 Å². The van der Waals surface area contributed by atoms with Gasteiger partial charge in [-0.15, -0.1) is 11.6 Å². The van der Waals surface area contributed by atoms with E-state index in [2.05, 4.69) is 12.2 Å². The number of carbonyl (C=O) groups is 1. The number of amides is 1. The summed E-state index contributed by atoms with van der Waals surface area (Å²) in [5.74, 6) is 2.64. The number of hydrogen-bond donors (Lipinski definition) is 1. The van der Waals surface area contributed by atoms with Crippen molar-refractivity contribution in [3.05, 3.63) is 29.8 Å². The quantitative estimate of drug-likeness (QED) is 0.421. The summed E-state index contributed by atoms with van der Waals surface area (Å²) in [6, 6.07) is 5.93. The topological polar surface area (TPSA) is 47.6 Å². The van der Waals surface area contributed by atoms with Crippen molar-refractivity contribution in [2.75, 3.05) is 19.6 Å². The molecular weight excluding hydrogens is 338 g/mol. The zero-order valence-corrected chi connectivity index (χ0v) is 15.8. The lowest BCUT2D eigenvalue weighted by Gasteiger charge is -2.26. The molecule has 0 atom stereocenters. The van der Waals surface area contributed by atoms with E-state index in [4.69, 9.17) is 21.1 Å². The lowest BCUT2D eigenvalue weighted by molar-refractivity contribution is -0.117. The van der Waals surface area contributed by atoms with Gasteiger partial charge in [-0.1, -0.05) is 13.0 Å². The Kier molecular flexibility index (Phi) is 8.13. The summed E-state index contributed by atoms with van der Waals surface area (Å²) in [5.41, 5.74) is 0.897. The summed E-state index contributed by atoms with van der Waals surface area (Å²) >= 11 is 5.66. The Bertz CT molecular complexity index is 580. The van der Waals surface area contributed by atoms with E-state index in [9.17, 15) is 4.79 Å². The van der Waals surface area contributed by atoms with Crippen molar-refractivity contribution in [2.45, 2.75) is 45.1 Å². The van der Waals surface area contributed by atoms with Crippen molar-refractivity contribution in [3.63, 3.8) is 0 Å². The Morgan fingerprint density at radius 3 is 2.72 bits per heavy atom. The fourth-order valence-electron chi connectivity index (χ4n) is 2.97. The Morgan fingerprint density at radius 2 is 2.04 bits per heavy atom. The lowest BCUT2D eigenvalue weighted by Crippen LogP contribution is -2.36. The van der Waals surface area contributed by atoms with Crippen molar-refractivity contribution in [1.29, 1.82) is 0 Å². The number of benzene rings is 1. The van der Waals surface area contributed by atoms with Crippen molar-refractivity contribution in [3.8, 4) is 11.5 Å². The van der Waals surface area contributed by atoms with Crippen LogP contribution in [0.15, 0.2) is 24.3 Å². The van der Waals surface area contributed by atoms with Gasteiger partial charge in [0.15, 0.2) is 11.5 Å². The predicted molar refractivity (Wildman–Crippen MR) is 102 cm³/mol. The SMILES string of the molecule is COc1cc(/C=C/C(=O)N[C@H]2CC[C@H](C)CC2)ccc1OCCCCl. The molecule has 0 aromatic heterocycles. The third-order valence-corrected chi connectivity index (χ3v) is 4.78. The van der Waals surface area contributed by atoms with Gasteiger partial charge in [-0.25, -0.2) is 0 Å². The van der Waals surface area contributed by atoms with Crippen LogP contribution >= 0.6 is 11.6 Å². The summed E-state index contributed by atoms with van der Waals surface area (Å²) in [6.07, 6.45) is 8.69. The molecule has 0 spiro atoms. The van der Waals surface area contributed by atoms with Gasteiger partial charge in [0.2, 0.25) is 5.91 Å². The molecule has 1 aliphatic rings. The van der Waals surface area contributed by atoms with E-state index in [0.717, 1.165) is 30.7 Å². The highest BCUT2D eigenvalue weighted by Crippen LogP contribution is 2.28. The number of alkyl halides is 1. The molecule has 0 saturated heterocycles. The van der Waals surface area contributed by atoms with Crippen LogP contribution in [-0.2, 0) is 4.79 Å². The second kappa shape index (κ2) is 10.3. The molecule has 138 valence electrons. The molecule has 0 radical (unpaired) electrons. The molecule has 0 bridgehead atoms. The van der Waals surface area contributed by atoms with E-state index in [1.54, 1.807) is 19.3 Å². The monoisotopic (exact) mass is 365 g/mol. The minimum atomic E-state index is -0.0408. The second-order valence-corrected chi connectivity index (χ2v) is 6.98. The standard InChI is InChI=1S/C20H28ClNO3/c1-15-4-8-17(9-5-15)22-20(23)11-7-16-6-10-18(19(14-16)24-2)25-13-3-12-21/h6-7,10-11,14-15,17H,3-5,8-9,12-13H2,1-2H3,(H,22,23)/b11-7+/t15-,17-. The minimum Gasteiger partial charge on any atom is -0.493 e. The van der Waals surface area contributed by atoms with Crippen LogP contribution in [0.2, 0.25) is 0 Å². The van der Waals surface area contributed by atoms with E-state index in [1.807, 2.05) is 18.2 Å². The van der Waals surface area contributed by atoms with Crippen molar-refractivity contribution < 1.29 is 14.3 Å². The zero-order chi connectivity index (χ0) is 18.1. The molecule has 1 aromatic rings. The van der Waals surface area contributed by atoms with Crippen LogP contribution < -0.4 is 14.8 Å². The van der Waals surface area contributed by atoms with Gasteiger partial charge in [0, 0.05) is 18.0 Å². The van der Waals surface area contributed by atoms with Gasteiger partial charge in [-0.05, 0) is 61.8 Å². The molecule has 25 heavy (non-hydrogen) atoms. The summed E-state index contributed by atoms with van der Waals surface area (Å²) in [4.78, 5) is 12.1. The fourth-order valence-corrected chi connectivity index (χ4v) is 3.08. The maximum atomic E-state index is 12.1. The number of ether oxygens (including phenoxy) is 2. The molecule has 4 nitrogen and oxygen atoms in total. The van der Waals surface area contributed by atoms with Crippen molar-refractivity contribution in [2.24, 2.45) is 5.92 Å². The molecule has 0 aliphatic heterocycles. The van der Waals surface area contributed by atoms with Crippen molar-refractivity contribution >= 4 is 23.6 Å². The molecule has 0 heterocycles. The van der Waals surface area contributed by atoms with Crippen LogP contribution in [0.4, 0.5) is 0 Å². The van der Waals surface area contributed by atoms with Gasteiger partial charge in [-0.3, -0.25) is 4.79 Å². The molecule has 0 unspecified atom stereocenters. The molecule has 1 saturated carbocycles. The number of hydrogen-bond acceptors (Lipinski definition) is 3. The van der Waals surface area contributed by atoms with Crippen LogP contribution in [-0.4, -0.2) is 31.5 Å². The minimum absolute atomic E-state index is 0.0408. The molecule has 2 rings (SSSR count). The van der Waals surface area contributed by atoms with Crippen LogP contribution in [0.3, 0.4) is 0 Å². The highest BCUT2D eigenvalue weighted by molar-refractivity contribution is 6.17. The number of rotatable bonds is 8. The van der Waals surface area contributed by atoms with Gasteiger partial charge in [0.1, 0.15) is 0 Å². The first-order valence-electron chi connectivity index (χ1n) is 8.97. The van der Waals surface area contributed by atoms with E-state index in [0.29, 0.717) is 30.0 Å². The predicted octanol–water partition coefficient (Wildman–Crippen LogP) is 4.41. The smallest absolute Gasteiger partial charge is 0.244 e. The van der Waals surface area contributed by atoms with Gasteiger partial charge in [0.05, 0.1) is 13.7 Å². The first-order chi connectivity index (χ1) is 12.1. The summed E-state index contributed by atoms with van der Waals surface area (Å²) in [5, 5.41) is 3.09. The van der Waals surface area contributed by atoms with Gasteiger partial charge < -0.3 is 14.8 Å². The highest BCUT2D eigenvalue weighted by atomic mass is 35.5. The first-order valence-corrected chi connectivity index (χ1v) is 9.51. The second-order valence-electron chi connectivity index (χ2n) is 6.60. The fraction of sp³-hybridized carbons (Fsp3) is 0.550. The Morgan fingerprint density at radius 1 is 1.28 bits per heavy atom. The van der Waals surface area contributed by atoms with Gasteiger partial charge in [0.25, 0.3) is 0 Å². The molecule has 1 N–H and O–H groups in total. The lowest BCUT2D eigenvalue weighted by atomic mass is 9.87. The van der Waals surface area contributed by atoms with E-state index in [-0.39, 0.29) is 5.91 Å². The summed E-state index contributed by atoms with van der Waals surface area (Å²) < 4.78 is 11.0. The number of methoxy groups -OCH3 is 1. The molecule has 1 aromatic carbocycles. The van der Waals surface area contributed by atoms with Gasteiger partial charge in [-0.2, -0.15) is 0 Å². The van der Waals surface area contributed by atoms with Crippen LogP contribution in [0.25, 0.3) is 6.08 Å². The van der Waals surface area contributed by atoms with E-state index < -0.39 is 0 Å². The number of nitrogens with one attached hydrogen (secondary N) is 1. The largest absolute Gasteiger partial charge is 0.493 e. The van der Waals surface area contributed by atoms with E-state index >= 15 is 0 Å². The molecule has 1 amide bonds. The Labute approximate surface area is 155 Å². The van der Waals surface area contributed by atoms with Crippen LogP contribution in [0.1, 0.15) is 44.6 Å². The molecule has 1 aliphatic carbocycles. The van der Waals surface area contributed by atoms with Crippen LogP contribution in [0.5, 0.6) is 11.5 Å². The molecular formula is C20H28ClNO3. The molecule has 1 fully saturated rings. The number of carbonyl (C=O) groups excluding carboxylic acids is 1. The summed E-state index contributed by atoms with van der Waals surface area (Å²) in [7, 11) is 1.61.